The maximum Gasteiger partial charge on any atom is 0.185 e. The quantitative estimate of drug-likeness (QED) is 0.664. The molecule has 0 amide bonds. The molecule has 1 aliphatic rings. The van der Waals surface area contributed by atoms with Gasteiger partial charge in [-0.25, -0.2) is 4.98 Å². The minimum absolute atomic E-state index is 0.286. The summed E-state index contributed by atoms with van der Waals surface area (Å²) in [4.78, 5) is 6.34. The van der Waals surface area contributed by atoms with Gasteiger partial charge in [-0.05, 0) is 0 Å². The van der Waals surface area contributed by atoms with Gasteiger partial charge in [0, 0.05) is 37.8 Å². The molecule has 1 atom stereocenters. The van der Waals surface area contributed by atoms with Crippen molar-refractivity contribution in [1.29, 1.82) is 0 Å². The number of anilines is 1. The standard InChI is InChI=1S/C8H13N3OS/c12-7-5-9-1-3-11(6-7)8-10-2-4-13-8/h2,4,7,9,12H,1,3,5-6H2. The van der Waals surface area contributed by atoms with Crippen LogP contribution in [0, 0.1) is 0 Å². The number of hydrogen-bond acceptors (Lipinski definition) is 5. The van der Waals surface area contributed by atoms with E-state index in [1.54, 1.807) is 17.5 Å². The Balaban J connectivity index is 2.05. The first-order valence-electron chi connectivity index (χ1n) is 4.39. The van der Waals surface area contributed by atoms with Gasteiger partial charge in [0.25, 0.3) is 0 Å². The van der Waals surface area contributed by atoms with Gasteiger partial charge in [0.05, 0.1) is 6.10 Å². The summed E-state index contributed by atoms with van der Waals surface area (Å²) >= 11 is 1.62. The van der Waals surface area contributed by atoms with Crippen LogP contribution in [0.1, 0.15) is 0 Å². The van der Waals surface area contributed by atoms with Crippen LogP contribution in [0.4, 0.5) is 5.13 Å². The van der Waals surface area contributed by atoms with Crippen molar-refractivity contribution in [3.8, 4) is 0 Å². The van der Waals surface area contributed by atoms with Gasteiger partial charge in [0.1, 0.15) is 0 Å². The monoisotopic (exact) mass is 199 g/mol. The highest BCUT2D eigenvalue weighted by Crippen LogP contribution is 2.17. The number of rotatable bonds is 1. The van der Waals surface area contributed by atoms with Gasteiger partial charge in [-0.2, -0.15) is 0 Å². The third kappa shape index (κ3) is 2.18. The molecular weight excluding hydrogens is 186 g/mol. The van der Waals surface area contributed by atoms with E-state index in [1.165, 1.54) is 0 Å². The van der Waals surface area contributed by atoms with Crippen molar-refractivity contribution in [2.45, 2.75) is 6.10 Å². The third-order valence-corrected chi connectivity index (χ3v) is 2.89. The molecule has 0 aromatic carbocycles. The highest BCUT2D eigenvalue weighted by molar-refractivity contribution is 7.13. The van der Waals surface area contributed by atoms with Crippen molar-refractivity contribution in [3.05, 3.63) is 11.6 Å². The molecule has 2 N–H and O–H groups in total. The summed E-state index contributed by atoms with van der Waals surface area (Å²) in [6.07, 6.45) is 1.51. The van der Waals surface area contributed by atoms with Crippen LogP contribution in [0.2, 0.25) is 0 Å². The Morgan fingerprint density at radius 1 is 1.69 bits per heavy atom. The van der Waals surface area contributed by atoms with E-state index in [1.807, 2.05) is 5.38 Å². The number of aliphatic hydroxyl groups is 1. The molecule has 0 aliphatic carbocycles. The summed E-state index contributed by atoms with van der Waals surface area (Å²) in [5.74, 6) is 0. The molecule has 0 bridgehead atoms. The van der Waals surface area contributed by atoms with Crippen LogP contribution in [0.25, 0.3) is 0 Å². The summed E-state index contributed by atoms with van der Waals surface area (Å²) in [5.41, 5.74) is 0. The molecule has 1 aromatic rings. The predicted octanol–water partition coefficient (Wildman–Crippen LogP) is -0.0864. The lowest BCUT2D eigenvalue weighted by Gasteiger charge is -2.20. The zero-order valence-corrected chi connectivity index (χ0v) is 8.13. The Labute approximate surface area is 81.2 Å². The Morgan fingerprint density at radius 2 is 2.62 bits per heavy atom. The number of aliphatic hydroxyl groups excluding tert-OH is 1. The van der Waals surface area contributed by atoms with Crippen molar-refractivity contribution in [2.24, 2.45) is 0 Å². The number of aromatic nitrogens is 1. The first-order chi connectivity index (χ1) is 6.36. The molecule has 5 heteroatoms. The number of nitrogens with one attached hydrogen (secondary N) is 1. The topological polar surface area (TPSA) is 48.4 Å². The van der Waals surface area contributed by atoms with Crippen LogP contribution in [0.3, 0.4) is 0 Å². The molecule has 1 aromatic heterocycles. The summed E-state index contributed by atoms with van der Waals surface area (Å²) in [7, 11) is 0. The van der Waals surface area contributed by atoms with Crippen molar-refractivity contribution < 1.29 is 5.11 Å². The van der Waals surface area contributed by atoms with Crippen molar-refractivity contribution in [1.82, 2.24) is 10.3 Å². The molecule has 1 aliphatic heterocycles. The van der Waals surface area contributed by atoms with E-state index in [9.17, 15) is 5.11 Å². The lowest BCUT2D eigenvalue weighted by Crippen LogP contribution is -2.32. The first kappa shape index (κ1) is 8.93. The first-order valence-corrected chi connectivity index (χ1v) is 5.27. The van der Waals surface area contributed by atoms with Crippen LogP contribution in [-0.4, -0.2) is 42.4 Å². The van der Waals surface area contributed by atoms with E-state index >= 15 is 0 Å². The molecule has 1 unspecified atom stereocenters. The highest BCUT2D eigenvalue weighted by Gasteiger charge is 2.16. The van der Waals surface area contributed by atoms with E-state index in [-0.39, 0.29) is 6.10 Å². The molecule has 2 rings (SSSR count). The molecule has 0 radical (unpaired) electrons. The average molecular weight is 199 g/mol. The van der Waals surface area contributed by atoms with Gasteiger partial charge >= 0.3 is 0 Å². The molecular formula is C8H13N3OS. The SMILES string of the molecule is OC1CNCCN(c2nccs2)C1. The molecule has 1 saturated heterocycles. The van der Waals surface area contributed by atoms with Crippen LogP contribution in [0.15, 0.2) is 11.6 Å². The Morgan fingerprint density at radius 3 is 3.38 bits per heavy atom. The summed E-state index contributed by atoms with van der Waals surface area (Å²) in [5, 5.41) is 15.7. The smallest absolute Gasteiger partial charge is 0.185 e. The van der Waals surface area contributed by atoms with Crippen molar-refractivity contribution >= 4 is 16.5 Å². The molecule has 13 heavy (non-hydrogen) atoms. The van der Waals surface area contributed by atoms with Crippen LogP contribution in [0.5, 0.6) is 0 Å². The van der Waals surface area contributed by atoms with Gasteiger partial charge in [-0.15, -0.1) is 11.3 Å². The Bertz CT molecular complexity index is 252. The van der Waals surface area contributed by atoms with E-state index in [0.717, 1.165) is 18.2 Å². The third-order valence-electron chi connectivity index (χ3n) is 2.06. The average Bonchev–Trinajstić information content (AvgIpc) is 2.56. The largest absolute Gasteiger partial charge is 0.390 e. The van der Waals surface area contributed by atoms with Gasteiger partial charge in [0.2, 0.25) is 0 Å². The number of thiazole rings is 1. The summed E-state index contributed by atoms with van der Waals surface area (Å²) in [6, 6.07) is 0. The molecule has 0 spiro atoms. The second kappa shape index (κ2) is 4.04. The summed E-state index contributed by atoms with van der Waals surface area (Å²) in [6.45, 7) is 3.20. The molecule has 0 saturated carbocycles. The highest BCUT2D eigenvalue weighted by atomic mass is 32.1. The predicted molar refractivity (Wildman–Crippen MR) is 53.2 cm³/mol. The Kier molecular flexibility index (Phi) is 2.77. The van der Waals surface area contributed by atoms with E-state index in [4.69, 9.17) is 0 Å². The van der Waals surface area contributed by atoms with Gasteiger partial charge in [-0.3, -0.25) is 0 Å². The minimum Gasteiger partial charge on any atom is -0.390 e. The van der Waals surface area contributed by atoms with Gasteiger partial charge in [-0.1, -0.05) is 0 Å². The summed E-state index contributed by atoms with van der Waals surface area (Å²) < 4.78 is 0. The zero-order chi connectivity index (χ0) is 9.10. The van der Waals surface area contributed by atoms with Crippen molar-refractivity contribution in [2.75, 3.05) is 31.1 Å². The van der Waals surface area contributed by atoms with E-state index < -0.39 is 0 Å². The minimum atomic E-state index is -0.286. The number of β-amino-alcohol motifs (C(OH)–C–C–N with tert-alkyl or cyclic N) is 1. The fourth-order valence-corrected chi connectivity index (χ4v) is 2.12. The second-order valence-electron chi connectivity index (χ2n) is 3.12. The van der Waals surface area contributed by atoms with Crippen LogP contribution < -0.4 is 10.2 Å². The van der Waals surface area contributed by atoms with Gasteiger partial charge < -0.3 is 15.3 Å². The van der Waals surface area contributed by atoms with Crippen LogP contribution >= 0.6 is 11.3 Å². The normalized spacial score (nSPS) is 24.4. The molecule has 2 heterocycles. The molecule has 4 nitrogen and oxygen atoms in total. The lowest BCUT2D eigenvalue weighted by molar-refractivity contribution is 0.185. The number of hydrogen-bond donors (Lipinski definition) is 2. The maximum atomic E-state index is 9.53. The molecule has 72 valence electrons. The number of nitrogens with zero attached hydrogens (tertiary/aromatic N) is 2. The van der Waals surface area contributed by atoms with Gasteiger partial charge in [0.15, 0.2) is 5.13 Å². The fraction of sp³-hybridized carbons (Fsp3) is 0.625. The van der Waals surface area contributed by atoms with E-state index in [2.05, 4.69) is 15.2 Å². The Hall–Kier alpha value is -0.650. The molecule has 1 fully saturated rings. The maximum absolute atomic E-state index is 9.53. The lowest BCUT2D eigenvalue weighted by atomic mass is 10.3. The van der Waals surface area contributed by atoms with Crippen molar-refractivity contribution in [3.63, 3.8) is 0 Å². The fourth-order valence-electron chi connectivity index (χ4n) is 1.44. The van der Waals surface area contributed by atoms with E-state index in [0.29, 0.717) is 13.1 Å². The zero-order valence-electron chi connectivity index (χ0n) is 7.31. The van der Waals surface area contributed by atoms with Crippen LogP contribution in [-0.2, 0) is 0 Å². The second-order valence-corrected chi connectivity index (χ2v) is 3.99.